The van der Waals surface area contributed by atoms with Gasteiger partial charge in [0, 0.05) is 19.0 Å². The van der Waals surface area contributed by atoms with Gasteiger partial charge < -0.3 is 15.0 Å². The molecule has 0 radical (unpaired) electrons. The standard InChI is InChI=1S/C30H36N2O3/c1-21(2)31-30(34)28(18-24-10-7-6-8-11-24)32(20-25-12-9-13-27(17-25)35-5)29(33)19-26-15-22(3)14-23(4)16-26/h6-17,21,28H,18-20H2,1-5H3,(H,31,34)/t28-/m1/s1. The summed E-state index contributed by atoms with van der Waals surface area (Å²) >= 11 is 0. The maximum absolute atomic E-state index is 13.8. The number of benzene rings is 3. The van der Waals surface area contributed by atoms with Crippen LogP contribution in [-0.4, -0.2) is 35.9 Å². The van der Waals surface area contributed by atoms with E-state index >= 15 is 0 Å². The van der Waals surface area contributed by atoms with Crippen molar-refractivity contribution in [2.45, 2.75) is 59.2 Å². The number of hydrogen-bond acceptors (Lipinski definition) is 3. The molecule has 0 heterocycles. The molecule has 0 aliphatic rings. The molecular weight excluding hydrogens is 436 g/mol. The van der Waals surface area contributed by atoms with Crippen molar-refractivity contribution in [1.82, 2.24) is 10.2 Å². The molecule has 0 aliphatic heterocycles. The third-order valence-electron chi connectivity index (χ3n) is 5.83. The molecule has 3 rings (SSSR count). The molecule has 3 aromatic carbocycles. The van der Waals surface area contributed by atoms with Gasteiger partial charge in [0.2, 0.25) is 11.8 Å². The molecule has 1 atom stereocenters. The lowest BCUT2D eigenvalue weighted by Gasteiger charge is -2.32. The van der Waals surface area contributed by atoms with E-state index in [2.05, 4.69) is 11.4 Å². The minimum atomic E-state index is -0.649. The Morgan fingerprint density at radius 2 is 1.51 bits per heavy atom. The van der Waals surface area contributed by atoms with Crippen LogP contribution in [0.5, 0.6) is 5.75 Å². The Hall–Kier alpha value is -3.60. The fourth-order valence-electron chi connectivity index (χ4n) is 4.35. The Bertz CT molecular complexity index is 1120. The Morgan fingerprint density at radius 3 is 2.14 bits per heavy atom. The van der Waals surface area contributed by atoms with Crippen molar-refractivity contribution in [3.63, 3.8) is 0 Å². The molecular formula is C30H36N2O3. The monoisotopic (exact) mass is 472 g/mol. The molecule has 184 valence electrons. The van der Waals surface area contributed by atoms with Crippen LogP contribution in [0.2, 0.25) is 0 Å². The highest BCUT2D eigenvalue weighted by Gasteiger charge is 2.30. The van der Waals surface area contributed by atoms with E-state index in [4.69, 9.17) is 4.74 Å². The molecule has 5 heteroatoms. The van der Waals surface area contributed by atoms with Gasteiger partial charge in [-0.3, -0.25) is 9.59 Å². The average molecular weight is 473 g/mol. The lowest BCUT2D eigenvalue weighted by molar-refractivity contribution is -0.141. The van der Waals surface area contributed by atoms with Gasteiger partial charge in [-0.05, 0) is 56.5 Å². The summed E-state index contributed by atoms with van der Waals surface area (Å²) in [6.07, 6.45) is 0.661. The van der Waals surface area contributed by atoms with E-state index in [-0.39, 0.29) is 24.3 Å². The Morgan fingerprint density at radius 1 is 0.857 bits per heavy atom. The van der Waals surface area contributed by atoms with Gasteiger partial charge >= 0.3 is 0 Å². The number of carbonyl (C=O) groups is 2. The van der Waals surface area contributed by atoms with Crippen LogP contribution in [0.1, 0.15) is 41.7 Å². The van der Waals surface area contributed by atoms with Crippen LogP contribution in [0.25, 0.3) is 0 Å². The van der Waals surface area contributed by atoms with Crippen molar-refractivity contribution in [2.24, 2.45) is 0 Å². The van der Waals surface area contributed by atoms with Crippen LogP contribution in [0.4, 0.5) is 0 Å². The predicted molar refractivity (Wildman–Crippen MR) is 140 cm³/mol. The summed E-state index contributed by atoms with van der Waals surface area (Å²) in [4.78, 5) is 29.0. The van der Waals surface area contributed by atoms with E-state index in [1.54, 1.807) is 12.0 Å². The van der Waals surface area contributed by atoms with Gasteiger partial charge in [-0.2, -0.15) is 0 Å². The maximum Gasteiger partial charge on any atom is 0.243 e. The highest BCUT2D eigenvalue weighted by molar-refractivity contribution is 5.89. The van der Waals surface area contributed by atoms with Gasteiger partial charge in [-0.15, -0.1) is 0 Å². The van der Waals surface area contributed by atoms with Crippen LogP contribution in [0.15, 0.2) is 72.8 Å². The highest BCUT2D eigenvalue weighted by atomic mass is 16.5. The number of methoxy groups -OCH3 is 1. The van der Waals surface area contributed by atoms with Gasteiger partial charge in [-0.25, -0.2) is 0 Å². The molecule has 0 bridgehead atoms. The largest absolute Gasteiger partial charge is 0.497 e. The lowest BCUT2D eigenvalue weighted by atomic mass is 10.00. The van der Waals surface area contributed by atoms with Gasteiger partial charge in [0.1, 0.15) is 11.8 Å². The third-order valence-corrected chi connectivity index (χ3v) is 5.83. The zero-order chi connectivity index (χ0) is 25.4. The Kier molecular flexibility index (Phi) is 9.07. The number of aryl methyl sites for hydroxylation is 2. The second-order valence-corrected chi connectivity index (χ2v) is 9.41. The summed E-state index contributed by atoms with van der Waals surface area (Å²) in [5, 5.41) is 3.03. The fraction of sp³-hybridized carbons (Fsp3) is 0.333. The van der Waals surface area contributed by atoms with Crippen molar-refractivity contribution in [1.29, 1.82) is 0 Å². The van der Waals surface area contributed by atoms with E-state index < -0.39 is 6.04 Å². The summed E-state index contributed by atoms with van der Waals surface area (Å²) in [6, 6.07) is 23.0. The first-order valence-electron chi connectivity index (χ1n) is 12.1. The first-order valence-corrected chi connectivity index (χ1v) is 12.1. The zero-order valence-electron chi connectivity index (χ0n) is 21.4. The number of hydrogen-bond donors (Lipinski definition) is 1. The molecule has 0 saturated carbocycles. The van der Waals surface area contributed by atoms with Crippen LogP contribution in [0, 0.1) is 13.8 Å². The normalized spacial score (nSPS) is 11.7. The van der Waals surface area contributed by atoms with Gasteiger partial charge in [0.05, 0.1) is 13.5 Å². The van der Waals surface area contributed by atoms with E-state index in [9.17, 15) is 9.59 Å². The molecule has 0 aliphatic carbocycles. The fourth-order valence-corrected chi connectivity index (χ4v) is 4.35. The smallest absolute Gasteiger partial charge is 0.243 e. The molecule has 0 fully saturated rings. The predicted octanol–water partition coefficient (Wildman–Crippen LogP) is 5.02. The average Bonchev–Trinajstić information content (AvgIpc) is 2.81. The van der Waals surface area contributed by atoms with Crippen molar-refractivity contribution in [3.05, 3.63) is 101 Å². The number of amides is 2. The van der Waals surface area contributed by atoms with Crippen molar-refractivity contribution in [2.75, 3.05) is 7.11 Å². The van der Waals surface area contributed by atoms with Gasteiger partial charge in [-0.1, -0.05) is 71.8 Å². The first kappa shape index (κ1) is 26.0. The van der Waals surface area contributed by atoms with E-state index in [1.165, 1.54) is 0 Å². The molecule has 3 aromatic rings. The van der Waals surface area contributed by atoms with Crippen LogP contribution in [0.3, 0.4) is 0 Å². The number of nitrogens with one attached hydrogen (secondary N) is 1. The molecule has 0 saturated heterocycles. The van der Waals surface area contributed by atoms with Crippen LogP contribution >= 0.6 is 0 Å². The minimum absolute atomic E-state index is 0.0334. The molecule has 0 spiro atoms. The quantitative estimate of drug-likeness (QED) is 0.451. The summed E-state index contributed by atoms with van der Waals surface area (Å²) in [5.74, 6) is 0.480. The van der Waals surface area contributed by atoms with Crippen molar-refractivity contribution < 1.29 is 14.3 Å². The maximum atomic E-state index is 13.8. The minimum Gasteiger partial charge on any atom is -0.497 e. The number of rotatable bonds is 10. The second kappa shape index (κ2) is 12.2. The van der Waals surface area contributed by atoms with E-state index in [0.29, 0.717) is 13.0 Å². The van der Waals surface area contributed by atoms with Gasteiger partial charge in [0.25, 0.3) is 0 Å². The SMILES string of the molecule is COc1cccc(CN(C(=O)Cc2cc(C)cc(C)c2)[C@H](Cc2ccccc2)C(=O)NC(C)C)c1. The Labute approximate surface area is 209 Å². The number of carbonyl (C=O) groups excluding carboxylic acids is 2. The van der Waals surface area contributed by atoms with Gasteiger partial charge in [0.15, 0.2) is 0 Å². The molecule has 5 nitrogen and oxygen atoms in total. The summed E-state index contributed by atoms with van der Waals surface area (Å²) < 4.78 is 5.39. The number of ether oxygens (including phenoxy) is 1. The second-order valence-electron chi connectivity index (χ2n) is 9.41. The van der Waals surface area contributed by atoms with E-state index in [0.717, 1.165) is 33.6 Å². The van der Waals surface area contributed by atoms with Crippen molar-refractivity contribution >= 4 is 11.8 Å². The van der Waals surface area contributed by atoms with E-state index in [1.807, 2.05) is 94.4 Å². The summed E-state index contributed by atoms with van der Waals surface area (Å²) in [7, 11) is 1.62. The molecule has 35 heavy (non-hydrogen) atoms. The third kappa shape index (κ3) is 7.71. The molecule has 0 unspecified atom stereocenters. The Balaban J connectivity index is 2.00. The highest BCUT2D eigenvalue weighted by Crippen LogP contribution is 2.20. The summed E-state index contributed by atoms with van der Waals surface area (Å²) in [5.41, 5.74) is 5.10. The van der Waals surface area contributed by atoms with Crippen LogP contribution < -0.4 is 10.1 Å². The molecule has 1 N–H and O–H groups in total. The first-order chi connectivity index (χ1) is 16.7. The molecule has 0 aromatic heterocycles. The zero-order valence-corrected chi connectivity index (χ0v) is 21.4. The summed E-state index contributed by atoms with van der Waals surface area (Å²) in [6.45, 7) is 8.23. The topological polar surface area (TPSA) is 58.6 Å². The van der Waals surface area contributed by atoms with Crippen LogP contribution in [-0.2, 0) is 29.0 Å². The van der Waals surface area contributed by atoms with Crippen molar-refractivity contribution in [3.8, 4) is 5.75 Å². The number of nitrogens with zero attached hydrogens (tertiary/aromatic N) is 1. The lowest BCUT2D eigenvalue weighted by Crippen LogP contribution is -2.52. The molecule has 2 amide bonds.